The molecule has 1 N–H and O–H groups in total. The molecule has 0 aliphatic carbocycles. The number of anilines is 1. The first-order valence-corrected chi connectivity index (χ1v) is 11.6. The standard InChI is InChI=1S/C21H28F3N5OS/c1-2-3-5-16-14-17(15-18(26-16)21(22,23)24)29-11-9-28(10-12-29)8-4-13-31-20-25-7-6-19(30)27-20/h6-7,14-15H,2-5,8-13H2,1H3,(H,25,27,30). The summed E-state index contributed by atoms with van der Waals surface area (Å²) in [7, 11) is 0. The molecule has 1 aliphatic rings. The highest BCUT2D eigenvalue weighted by Gasteiger charge is 2.34. The first-order chi connectivity index (χ1) is 14.8. The molecule has 2 aromatic rings. The number of hydrogen-bond acceptors (Lipinski definition) is 6. The quantitative estimate of drug-likeness (QED) is 0.352. The van der Waals surface area contributed by atoms with Crippen LogP contribution < -0.4 is 10.5 Å². The smallest absolute Gasteiger partial charge is 0.369 e. The number of pyridine rings is 1. The Morgan fingerprint density at radius 1 is 1.16 bits per heavy atom. The number of hydrogen-bond donors (Lipinski definition) is 1. The number of alkyl halides is 3. The number of aryl methyl sites for hydroxylation is 1. The van der Waals surface area contributed by atoms with E-state index in [0.717, 1.165) is 44.6 Å². The Hall–Kier alpha value is -2.07. The van der Waals surface area contributed by atoms with Crippen LogP contribution in [0.2, 0.25) is 0 Å². The van der Waals surface area contributed by atoms with E-state index in [4.69, 9.17) is 0 Å². The normalized spacial score (nSPS) is 15.4. The largest absolute Gasteiger partial charge is 0.433 e. The number of nitrogens with one attached hydrogen (secondary N) is 1. The lowest BCUT2D eigenvalue weighted by molar-refractivity contribution is -0.141. The molecule has 0 saturated carbocycles. The molecule has 31 heavy (non-hydrogen) atoms. The van der Waals surface area contributed by atoms with Gasteiger partial charge in [0, 0.05) is 55.6 Å². The fourth-order valence-electron chi connectivity index (χ4n) is 3.50. The highest BCUT2D eigenvalue weighted by Crippen LogP contribution is 2.31. The maximum atomic E-state index is 13.3. The second-order valence-corrected chi connectivity index (χ2v) is 8.66. The molecule has 170 valence electrons. The molecule has 0 aromatic carbocycles. The van der Waals surface area contributed by atoms with Crippen LogP contribution in [0.3, 0.4) is 0 Å². The maximum absolute atomic E-state index is 13.3. The summed E-state index contributed by atoms with van der Waals surface area (Å²) in [6, 6.07) is 4.37. The van der Waals surface area contributed by atoms with Crippen LogP contribution in [-0.2, 0) is 12.6 Å². The van der Waals surface area contributed by atoms with Gasteiger partial charge in [0.25, 0.3) is 5.56 Å². The summed E-state index contributed by atoms with van der Waals surface area (Å²) in [6.45, 7) is 5.91. The van der Waals surface area contributed by atoms with Gasteiger partial charge in [-0.3, -0.25) is 9.69 Å². The maximum Gasteiger partial charge on any atom is 0.433 e. The summed E-state index contributed by atoms with van der Waals surface area (Å²) >= 11 is 1.52. The number of halogens is 3. The molecule has 2 aromatic heterocycles. The van der Waals surface area contributed by atoms with Gasteiger partial charge in [-0.15, -0.1) is 0 Å². The number of aromatic nitrogens is 3. The van der Waals surface area contributed by atoms with Crippen LogP contribution in [0.1, 0.15) is 37.6 Å². The molecule has 0 radical (unpaired) electrons. The molecule has 0 amide bonds. The molecule has 3 heterocycles. The van der Waals surface area contributed by atoms with E-state index in [2.05, 4.69) is 19.9 Å². The third kappa shape index (κ3) is 7.24. The Morgan fingerprint density at radius 3 is 2.61 bits per heavy atom. The molecule has 10 heteroatoms. The van der Waals surface area contributed by atoms with Gasteiger partial charge < -0.3 is 9.88 Å². The topological polar surface area (TPSA) is 65.1 Å². The number of unbranched alkanes of at least 4 members (excludes halogenated alkanes) is 1. The predicted octanol–water partition coefficient (Wildman–Crippen LogP) is 3.83. The van der Waals surface area contributed by atoms with Gasteiger partial charge in [0.15, 0.2) is 5.16 Å². The molecule has 1 fully saturated rings. The Bertz CT molecular complexity index is 897. The van der Waals surface area contributed by atoms with Crippen molar-refractivity contribution >= 4 is 17.4 Å². The number of thioether (sulfide) groups is 1. The molecule has 6 nitrogen and oxygen atoms in total. The summed E-state index contributed by atoms with van der Waals surface area (Å²) < 4.78 is 39.9. The zero-order valence-electron chi connectivity index (χ0n) is 17.6. The van der Waals surface area contributed by atoms with Gasteiger partial charge in [-0.25, -0.2) is 9.97 Å². The van der Waals surface area contributed by atoms with Crippen LogP contribution in [0.15, 0.2) is 34.3 Å². The minimum absolute atomic E-state index is 0.156. The molecule has 3 rings (SSSR count). The lowest BCUT2D eigenvalue weighted by Gasteiger charge is -2.36. The molecule has 1 aliphatic heterocycles. The summed E-state index contributed by atoms with van der Waals surface area (Å²) in [5.74, 6) is 0.841. The van der Waals surface area contributed by atoms with Crippen LogP contribution in [0, 0.1) is 0 Å². The molecule has 1 saturated heterocycles. The number of aromatic amines is 1. The SMILES string of the molecule is CCCCc1cc(N2CCN(CCCSc3nccc(=O)[nH]3)CC2)cc(C(F)(F)F)n1. The van der Waals surface area contributed by atoms with Crippen LogP contribution in [0.5, 0.6) is 0 Å². The van der Waals surface area contributed by atoms with Crippen molar-refractivity contribution < 1.29 is 13.2 Å². The minimum Gasteiger partial charge on any atom is -0.369 e. The van der Waals surface area contributed by atoms with Crippen molar-refractivity contribution in [2.24, 2.45) is 0 Å². The summed E-state index contributed by atoms with van der Waals surface area (Å²) in [4.78, 5) is 26.3. The van der Waals surface area contributed by atoms with Gasteiger partial charge in [0.2, 0.25) is 0 Å². The first kappa shape index (κ1) is 23.6. The molecular weight excluding hydrogens is 427 g/mol. The molecule has 0 atom stereocenters. The molecular formula is C21H28F3N5OS. The van der Waals surface area contributed by atoms with Crippen LogP contribution in [0.4, 0.5) is 18.9 Å². The number of piperazine rings is 1. The van der Waals surface area contributed by atoms with E-state index in [1.54, 1.807) is 0 Å². The van der Waals surface area contributed by atoms with Gasteiger partial charge in [-0.1, -0.05) is 25.1 Å². The molecule has 0 bridgehead atoms. The Balaban J connectivity index is 1.51. The minimum atomic E-state index is -4.44. The average molecular weight is 456 g/mol. The molecule has 0 spiro atoms. The molecule has 0 unspecified atom stereocenters. The van der Waals surface area contributed by atoms with Crippen molar-refractivity contribution in [3.63, 3.8) is 0 Å². The second kappa shape index (κ2) is 11.0. The summed E-state index contributed by atoms with van der Waals surface area (Å²) in [5, 5.41) is 0.620. The van der Waals surface area contributed by atoms with Gasteiger partial charge in [0.05, 0.1) is 0 Å². The fourth-order valence-corrected chi connectivity index (χ4v) is 4.27. The van der Waals surface area contributed by atoms with Gasteiger partial charge in [-0.2, -0.15) is 13.2 Å². The van der Waals surface area contributed by atoms with E-state index in [9.17, 15) is 18.0 Å². The third-order valence-electron chi connectivity index (χ3n) is 5.18. The first-order valence-electron chi connectivity index (χ1n) is 10.6. The zero-order valence-corrected chi connectivity index (χ0v) is 18.4. The lowest BCUT2D eigenvalue weighted by Crippen LogP contribution is -2.46. The van der Waals surface area contributed by atoms with Crippen LogP contribution in [0.25, 0.3) is 0 Å². The lowest BCUT2D eigenvalue weighted by atomic mass is 10.1. The van der Waals surface area contributed by atoms with Crippen molar-refractivity contribution in [1.82, 2.24) is 19.9 Å². The second-order valence-electron chi connectivity index (χ2n) is 7.57. The Kier molecular flexibility index (Phi) is 8.36. The van der Waals surface area contributed by atoms with Crippen molar-refractivity contribution in [3.8, 4) is 0 Å². The van der Waals surface area contributed by atoms with E-state index in [1.165, 1.54) is 30.1 Å². The average Bonchev–Trinajstić information content (AvgIpc) is 2.75. The van der Waals surface area contributed by atoms with Crippen LogP contribution in [-0.4, -0.2) is 58.3 Å². The Morgan fingerprint density at radius 2 is 1.94 bits per heavy atom. The number of H-pyrrole nitrogens is 1. The van der Waals surface area contributed by atoms with Crippen molar-refractivity contribution in [2.45, 2.75) is 43.9 Å². The van der Waals surface area contributed by atoms with Gasteiger partial charge >= 0.3 is 6.18 Å². The van der Waals surface area contributed by atoms with Crippen molar-refractivity contribution in [3.05, 3.63) is 46.1 Å². The van der Waals surface area contributed by atoms with Gasteiger partial charge in [-0.05, 0) is 37.9 Å². The van der Waals surface area contributed by atoms with Gasteiger partial charge in [0.1, 0.15) is 5.69 Å². The fraction of sp³-hybridized carbons (Fsp3) is 0.571. The zero-order chi connectivity index (χ0) is 22.3. The van der Waals surface area contributed by atoms with E-state index in [1.807, 2.05) is 17.9 Å². The van der Waals surface area contributed by atoms with E-state index >= 15 is 0 Å². The van der Waals surface area contributed by atoms with Crippen LogP contribution >= 0.6 is 11.8 Å². The summed E-state index contributed by atoms with van der Waals surface area (Å²) in [5.41, 5.74) is 0.167. The van der Waals surface area contributed by atoms with E-state index in [0.29, 0.717) is 36.0 Å². The third-order valence-corrected chi connectivity index (χ3v) is 6.16. The Labute approximate surface area is 184 Å². The van der Waals surface area contributed by atoms with E-state index < -0.39 is 11.9 Å². The monoisotopic (exact) mass is 455 g/mol. The highest BCUT2D eigenvalue weighted by molar-refractivity contribution is 7.99. The summed E-state index contributed by atoms with van der Waals surface area (Å²) in [6.07, 6.45) is 0.308. The van der Waals surface area contributed by atoms with Crippen molar-refractivity contribution in [1.29, 1.82) is 0 Å². The highest BCUT2D eigenvalue weighted by atomic mass is 32.2. The van der Waals surface area contributed by atoms with E-state index in [-0.39, 0.29) is 5.56 Å². The number of nitrogens with zero attached hydrogens (tertiary/aromatic N) is 4. The van der Waals surface area contributed by atoms with Crippen molar-refractivity contribution in [2.75, 3.05) is 43.4 Å². The number of rotatable bonds is 9. The predicted molar refractivity (Wildman–Crippen MR) is 117 cm³/mol.